The first-order valence-electron chi connectivity index (χ1n) is 6.00. The number of methoxy groups -OCH3 is 1. The van der Waals surface area contributed by atoms with Gasteiger partial charge in [-0.2, -0.15) is 0 Å². The molecule has 0 bridgehead atoms. The highest BCUT2D eigenvalue weighted by molar-refractivity contribution is 6.42. The third kappa shape index (κ3) is 3.03. The average molecular weight is 336 g/mol. The van der Waals surface area contributed by atoms with E-state index in [2.05, 4.69) is 9.72 Å². The number of halogens is 3. The van der Waals surface area contributed by atoms with Gasteiger partial charge in [-0.3, -0.25) is 4.79 Å². The molecule has 1 atom stereocenters. The van der Waals surface area contributed by atoms with Crippen LogP contribution in [0.4, 0.5) is 0 Å². The number of esters is 1. The Hall–Kier alpha value is -0.970. The van der Waals surface area contributed by atoms with Crippen molar-refractivity contribution < 1.29 is 9.53 Å². The average Bonchev–Trinajstić information content (AvgIpc) is 2.74. The van der Waals surface area contributed by atoms with E-state index in [0.717, 1.165) is 5.52 Å². The van der Waals surface area contributed by atoms with Gasteiger partial charge in [0.15, 0.2) is 0 Å². The molecular formula is C13H13Cl3N2O2. The van der Waals surface area contributed by atoms with Crippen molar-refractivity contribution in [1.29, 1.82) is 0 Å². The van der Waals surface area contributed by atoms with E-state index in [0.29, 0.717) is 27.9 Å². The van der Waals surface area contributed by atoms with Crippen LogP contribution in [-0.2, 0) is 16.1 Å². The Kier molecular flexibility index (Phi) is 4.78. The van der Waals surface area contributed by atoms with Crippen LogP contribution < -0.4 is 0 Å². The van der Waals surface area contributed by atoms with Crippen molar-refractivity contribution >= 4 is 51.8 Å². The summed E-state index contributed by atoms with van der Waals surface area (Å²) in [6.07, 6.45) is 0.235. The molecule has 0 radical (unpaired) electrons. The normalized spacial score (nSPS) is 12.7. The van der Waals surface area contributed by atoms with Crippen molar-refractivity contribution in [2.75, 3.05) is 7.11 Å². The molecule has 0 aliphatic rings. The van der Waals surface area contributed by atoms with Gasteiger partial charge < -0.3 is 9.30 Å². The number of rotatable bonds is 4. The van der Waals surface area contributed by atoms with E-state index in [9.17, 15) is 4.79 Å². The molecule has 0 N–H and O–H groups in total. The fourth-order valence-electron chi connectivity index (χ4n) is 1.98. The minimum absolute atomic E-state index is 0.235. The molecule has 0 spiro atoms. The van der Waals surface area contributed by atoms with E-state index in [1.807, 2.05) is 11.5 Å². The smallest absolute Gasteiger partial charge is 0.307 e. The largest absolute Gasteiger partial charge is 0.469 e. The number of ether oxygens (including phenoxy) is 1. The number of carbonyl (C=O) groups excluding carboxylic acids is 1. The van der Waals surface area contributed by atoms with Gasteiger partial charge in [0.2, 0.25) is 0 Å². The fraction of sp³-hybridized carbons (Fsp3) is 0.385. The van der Waals surface area contributed by atoms with Crippen LogP contribution in [0.1, 0.15) is 24.5 Å². The summed E-state index contributed by atoms with van der Waals surface area (Å²) < 4.78 is 6.52. The number of nitrogens with zero attached hydrogens (tertiary/aromatic N) is 2. The van der Waals surface area contributed by atoms with Crippen molar-refractivity contribution in [3.05, 3.63) is 28.0 Å². The van der Waals surface area contributed by atoms with Crippen LogP contribution in [-0.4, -0.2) is 22.6 Å². The first kappa shape index (κ1) is 15.4. The molecule has 0 saturated carbocycles. The maximum absolute atomic E-state index is 11.3. The van der Waals surface area contributed by atoms with E-state index in [-0.39, 0.29) is 17.8 Å². The molecule has 108 valence electrons. The molecule has 0 fully saturated rings. The quantitative estimate of drug-likeness (QED) is 0.621. The molecule has 4 nitrogen and oxygen atoms in total. The summed E-state index contributed by atoms with van der Waals surface area (Å²) in [4.78, 5) is 15.8. The standard InChI is InChI=1S/C13H13Cl3N2O2/c1-7(14)13-17-10-5-8(15)9(16)6-11(10)18(13)4-3-12(19)20-2/h5-7H,3-4H2,1-2H3. The molecule has 0 saturated heterocycles. The topological polar surface area (TPSA) is 44.1 Å². The summed E-state index contributed by atoms with van der Waals surface area (Å²) in [5, 5.41) is 0.579. The highest BCUT2D eigenvalue weighted by atomic mass is 35.5. The lowest BCUT2D eigenvalue weighted by Crippen LogP contribution is -2.10. The number of fused-ring (bicyclic) bond motifs is 1. The van der Waals surface area contributed by atoms with E-state index >= 15 is 0 Å². The summed E-state index contributed by atoms with van der Waals surface area (Å²) >= 11 is 18.2. The van der Waals surface area contributed by atoms with Gasteiger partial charge in [0.1, 0.15) is 5.82 Å². The number of imidazole rings is 1. The monoisotopic (exact) mass is 334 g/mol. The minimum atomic E-state index is -0.294. The molecule has 1 aromatic carbocycles. The molecule has 2 aromatic rings. The van der Waals surface area contributed by atoms with Crippen LogP contribution in [0.3, 0.4) is 0 Å². The molecule has 1 aromatic heterocycles. The van der Waals surface area contributed by atoms with Crippen molar-refractivity contribution in [3.8, 4) is 0 Å². The molecule has 0 aliphatic heterocycles. The first-order valence-corrected chi connectivity index (χ1v) is 7.19. The van der Waals surface area contributed by atoms with Gasteiger partial charge in [-0.1, -0.05) is 23.2 Å². The zero-order chi connectivity index (χ0) is 14.9. The zero-order valence-electron chi connectivity index (χ0n) is 11.0. The highest BCUT2D eigenvalue weighted by Crippen LogP contribution is 2.31. The second-order valence-electron chi connectivity index (χ2n) is 4.32. The summed E-state index contributed by atoms with van der Waals surface area (Å²) in [6.45, 7) is 2.24. The number of aromatic nitrogens is 2. The van der Waals surface area contributed by atoms with Crippen LogP contribution in [0, 0.1) is 0 Å². The molecule has 1 unspecified atom stereocenters. The van der Waals surface area contributed by atoms with Crippen LogP contribution in [0.2, 0.25) is 10.0 Å². The summed E-state index contributed by atoms with van der Waals surface area (Å²) in [7, 11) is 1.36. The van der Waals surface area contributed by atoms with Gasteiger partial charge in [0.05, 0.1) is 40.0 Å². The molecule has 7 heteroatoms. The number of hydrogen-bond acceptors (Lipinski definition) is 3. The number of alkyl halides is 1. The van der Waals surface area contributed by atoms with Gasteiger partial charge >= 0.3 is 5.97 Å². The second kappa shape index (κ2) is 6.20. The highest BCUT2D eigenvalue weighted by Gasteiger charge is 2.17. The van der Waals surface area contributed by atoms with Gasteiger partial charge in [0, 0.05) is 6.54 Å². The van der Waals surface area contributed by atoms with Crippen molar-refractivity contribution in [2.24, 2.45) is 0 Å². The van der Waals surface area contributed by atoms with Gasteiger partial charge in [-0.15, -0.1) is 11.6 Å². The predicted octanol–water partition coefficient (Wildman–Crippen LogP) is 4.21. The Morgan fingerprint density at radius 3 is 2.65 bits per heavy atom. The minimum Gasteiger partial charge on any atom is -0.469 e. The van der Waals surface area contributed by atoms with Crippen molar-refractivity contribution in [2.45, 2.75) is 25.3 Å². The number of aryl methyl sites for hydroxylation is 1. The first-order chi connectivity index (χ1) is 9.43. The molecule has 0 amide bonds. The zero-order valence-corrected chi connectivity index (χ0v) is 13.3. The Morgan fingerprint density at radius 2 is 2.05 bits per heavy atom. The third-order valence-corrected chi connectivity index (χ3v) is 3.86. The van der Waals surface area contributed by atoms with E-state index in [1.54, 1.807) is 12.1 Å². The van der Waals surface area contributed by atoms with Gasteiger partial charge in [-0.25, -0.2) is 4.98 Å². The lowest BCUT2D eigenvalue weighted by molar-refractivity contribution is -0.140. The summed E-state index contributed by atoms with van der Waals surface area (Å²) in [5.41, 5.74) is 1.50. The maximum Gasteiger partial charge on any atom is 0.307 e. The molecule has 1 heterocycles. The van der Waals surface area contributed by atoms with Crippen LogP contribution in [0.5, 0.6) is 0 Å². The Bertz CT molecular complexity index is 653. The van der Waals surface area contributed by atoms with Crippen LogP contribution in [0.25, 0.3) is 11.0 Å². The van der Waals surface area contributed by atoms with Gasteiger partial charge in [0.25, 0.3) is 0 Å². The number of carbonyl (C=O) groups is 1. The number of hydrogen-bond donors (Lipinski definition) is 0. The summed E-state index contributed by atoms with van der Waals surface area (Å²) in [5.74, 6) is 0.379. The van der Waals surface area contributed by atoms with Crippen molar-refractivity contribution in [1.82, 2.24) is 9.55 Å². The van der Waals surface area contributed by atoms with E-state index in [1.165, 1.54) is 7.11 Å². The lowest BCUT2D eigenvalue weighted by Gasteiger charge is -2.10. The molecular weight excluding hydrogens is 323 g/mol. The third-order valence-electron chi connectivity index (χ3n) is 2.94. The Balaban J connectivity index is 2.50. The van der Waals surface area contributed by atoms with E-state index in [4.69, 9.17) is 34.8 Å². The molecule has 0 aliphatic carbocycles. The maximum atomic E-state index is 11.3. The SMILES string of the molecule is COC(=O)CCn1c(C(C)Cl)nc2cc(Cl)c(Cl)cc21. The van der Waals surface area contributed by atoms with Gasteiger partial charge in [-0.05, 0) is 19.1 Å². The lowest BCUT2D eigenvalue weighted by atomic mass is 10.3. The molecule has 2 rings (SSSR count). The second-order valence-corrected chi connectivity index (χ2v) is 5.79. The predicted molar refractivity (Wildman–Crippen MR) is 80.7 cm³/mol. The fourth-order valence-corrected chi connectivity index (χ4v) is 2.46. The molecule has 20 heavy (non-hydrogen) atoms. The van der Waals surface area contributed by atoms with E-state index < -0.39 is 0 Å². The van der Waals surface area contributed by atoms with Crippen LogP contribution >= 0.6 is 34.8 Å². The van der Waals surface area contributed by atoms with Crippen molar-refractivity contribution in [3.63, 3.8) is 0 Å². The van der Waals surface area contributed by atoms with Crippen LogP contribution in [0.15, 0.2) is 12.1 Å². The summed E-state index contributed by atoms with van der Waals surface area (Å²) in [6, 6.07) is 3.42. The Morgan fingerprint density at radius 1 is 1.40 bits per heavy atom. The number of benzene rings is 1. The Labute approximate surface area is 131 Å².